The minimum atomic E-state index is 0.201. The van der Waals surface area contributed by atoms with Crippen molar-refractivity contribution in [1.29, 1.82) is 0 Å². The fourth-order valence-corrected chi connectivity index (χ4v) is 2.05. The first-order valence-corrected chi connectivity index (χ1v) is 6.22. The number of nitrogens with two attached hydrogens (primary N) is 1. The third-order valence-electron chi connectivity index (χ3n) is 3.07. The summed E-state index contributed by atoms with van der Waals surface area (Å²) in [5, 5.41) is 17.9. The zero-order valence-corrected chi connectivity index (χ0v) is 10.7. The summed E-state index contributed by atoms with van der Waals surface area (Å²) < 4.78 is 0. The molecule has 2 aromatic rings. The zero-order chi connectivity index (χ0) is 13.9. The Morgan fingerprint density at radius 2 is 1.60 bits per heavy atom. The minimum Gasteiger partial charge on any atom is -0.507 e. The average Bonchev–Trinajstić information content (AvgIpc) is 2.84. The van der Waals surface area contributed by atoms with Gasteiger partial charge in [0.25, 0.3) is 0 Å². The van der Waals surface area contributed by atoms with Crippen LogP contribution in [0.1, 0.15) is 11.1 Å². The van der Waals surface area contributed by atoms with Crippen LogP contribution in [0.5, 0.6) is 5.75 Å². The molecule has 0 aromatic heterocycles. The van der Waals surface area contributed by atoms with Crippen LogP contribution in [0.2, 0.25) is 0 Å². The Balaban J connectivity index is 2.05. The molecule has 4 heteroatoms. The van der Waals surface area contributed by atoms with E-state index in [-0.39, 0.29) is 5.75 Å². The number of nitrogens with zero attached hydrogens (tertiary/aromatic N) is 2. The second-order valence-corrected chi connectivity index (χ2v) is 4.42. The van der Waals surface area contributed by atoms with E-state index in [1.54, 1.807) is 18.2 Å². The topological polar surface area (TPSA) is 71.0 Å². The maximum absolute atomic E-state index is 9.85. The number of phenolic OH excluding ortho intramolecular Hbond substituents is 1. The molecule has 98 valence electrons. The van der Waals surface area contributed by atoms with E-state index in [1.165, 1.54) is 0 Å². The first kappa shape index (κ1) is 12.2. The van der Waals surface area contributed by atoms with Gasteiger partial charge in [0.1, 0.15) is 11.5 Å². The van der Waals surface area contributed by atoms with Crippen LogP contribution in [0, 0.1) is 0 Å². The first-order valence-electron chi connectivity index (χ1n) is 6.22. The molecule has 0 spiro atoms. The molecular formula is C16H13N3O. The highest BCUT2D eigenvalue weighted by atomic mass is 16.3. The van der Waals surface area contributed by atoms with Crippen molar-refractivity contribution < 1.29 is 5.11 Å². The SMILES string of the molecule is NC1=NN=C(c2ccccc2)/C1=C\c1ccccc1O. The Bertz CT molecular complexity index is 730. The van der Waals surface area contributed by atoms with Gasteiger partial charge >= 0.3 is 0 Å². The van der Waals surface area contributed by atoms with Gasteiger partial charge in [0.05, 0.1) is 0 Å². The first-order chi connectivity index (χ1) is 9.75. The Morgan fingerprint density at radius 1 is 0.900 bits per heavy atom. The molecule has 1 heterocycles. The van der Waals surface area contributed by atoms with Crippen molar-refractivity contribution in [3.05, 3.63) is 71.3 Å². The number of aromatic hydroxyl groups is 1. The van der Waals surface area contributed by atoms with Gasteiger partial charge in [-0.3, -0.25) is 0 Å². The molecule has 1 aliphatic heterocycles. The second-order valence-electron chi connectivity index (χ2n) is 4.42. The number of benzene rings is 2. The summed E-state index contributed by atoms with van der Waals surface area (Å²) in [6.07, 6.45) is 1.80. The van der Waals surface area contributed by atoms with E-state index in [2.05, 4.69) is 10.2 Å². The molecule has 0 amide bonds. The van der Waals surface area contributed by atoms with Gasteiger partial charge in [-0.2, -0.15) is 0 Å². The fourth-order valence-electron chi connectivity index (χ4n) is 2.05. The van der Waals surface area contributed by atoms with Crippen molar-refractivity contribution in [3.8, 4) is 5.75 Å². The minimum absolute atomic E-state index is 0.201. The molecule has 1 aliphatic rings. The summed E-state index contributed by atoms with van der Waals surface area (Å²) in [7, 11) is 0. The smallest absolute Gasteiger partial charge is 0.155 e. The molecule has 0 radical (unpaired) electrons. The van der Waals surface area contributed by atoms with Crippen LogP contribution >= 0.6 is 0 Å². The third kappa shape index (κ3) is 2.19. The molecule has 0 unspecified atom stereocenters. The van der Waals surface area contributed by atoms with Gasteiger partial charge < -0.3 is 10.8 Å². The molecule has 3 N–H and O–H groups in total. The quantitative estimate of drug-likeness (QED) is 0.874. The lowest BCUT2D eigenvalue weighted by Gasteiger charge is -2.05. The Kier molecular flexibility index (Phi) is 3.05. The van der Waals surface area contributed by atoms with Gasteiger partial charge in [-0.25, -0.2) is 0 Å². The van der Waals surface area contributed by atoms with Gasteiger partial charge in [-0.05, 0) is 12.1 Å². The van der Waals surface area contributed by atoms with E-state index in [9.17, 15) is 5.11 Å². The van der Waals surface area contributed by atoms with Crippen LogP contribution in [0.3, 0.4) is 0 Å². The van der Waals surface area contributed by atoms with Crippen molar-refractivity contribution >= 4 is 17.6 Å². The summed E-state index contributed by atoms with van der Waals surface area (Å²) in [5.41, 5.74) is 8.95. The molecule has 2 aromatic carbocycles. The van der Waals surface area contributed by atoms with E-state index in [4.69, 9.17) is 5.73 Å². The van der Waals surface area contributed by atoms with Crippen LogP contribution in [-0.2, 0) is 0 Å². The standard InChI is InChI=1S/C16H13N3O/c17-16-13(10-12-8-4-5-9-14(12)20)15(18-19-16)11-6-2-1-3-7-11/h1-10,20H,(H2,17,19)/b13-10+. The van der Waals surface area contributed by atoms with E-state index >= 15 is 0 Å². The number of phenols is 1. The highest BCUT2D eigenvalue weighted by molar-refractivity contribution is 6.33. The Morgan fingerprint density at radius 3 is 2.35 bits per heavy atom. The third-order valence-corrected chi connectivity index (χ3v) is 3.07. The number of hydrogen-bond donors (Lipinski definition) is 2. The highest BCUT2D eigenvalue weighted by Gasteiger charge is 2.19. The molecule has 20 heavy (non-hydrogen) atoms. The van der Waals surface area contributed by atoms with Crippen molar-refractivity contribution in [3.63, 3.8) is 0 Å². The van der Waals surface area contributed by atoms with Gasteiger partial charge in [-0.1, -0.05) is 48.5 Å². The summed E-state index contributed by atoms with van der Waals surface area (Å²) >= 11 is 0. The van der Waals surface area contributed by atoms with E-state index in [0.29, 0.717) is 17.1 Å². The van der Waals surface area contributed by atoms with Gasteiger partial charge in [0, 0.05) is 16.7 Å². The van der Waals surface area contributed by atoms with Gasteiger partial charge in [0.15, 0.2) is 5.84 Å². The summed E-state index contributed by atoms with van der Waals surface area (Å²) in [6, 6.07) is 16.8. The van der Waals surface area contributed by atoms with Crippen LogP contribution in [0.15, 0.2) is 70.4 Å². The summed E-state index contributed by atoms with van der Waals surface area (Å²) in [5.74, 6) is 0.555. The van der Waals surface area contributed by atoms with Crippen molar-refractivity contribution in [1.82, 2.24) is 0 Å². The molecule has 0 saturated carbocycles. The Labute approximate surface area is 116 Å². The van der Waals surface area contributed by atoms with Gasteiger partial charge in [0.2, 0.25) is 0 Å². The molecule has 3 rings (SSSR count). The number of rotatable bonds is 2. The molecule has 0 atom stereocenters. The Hall–Kier alpha value is -2.88. The lowest BCUT2D eigenvalue weighted by Crippen LogP contribution is -2.17. The molecular weight excluding hydrogens is 250 g/mol. The molecule has 0 saturated heterocycles. The second kappa shape index (κ2) is 5.01. The van der Waals surface area contributed by atoms with E-state index in [1.807, 2.05) is 42.5 Å². The summed E-state index contributed by atoms with van der Waals surface area (Å²) in [6.45, 7) is 0. The maximum atomic E-state index is 9.85. The average molecular weight is 263 g/mol. The van der Waals surface area contributed by atoms with Gasteiger partial charge in [-0.15, -0.1) is 10.2 Å². The summed E-state index contributed by atoms with van der Waals surface area (Å²) in [4.78, 5) is 0. The lowest BCUT2D eigenvalue weighted by atomic mass is 10.00. The van der Waals surface area contributed by atoms with Crippen molar-refractivity contribution in [2.24, 2.45) is 15.9 Å². The normalized spacial score (nSPS) is 16.1. The number of hydrogen-bond acceptors (Lipinski definition) is 4. The van der Waals surface area contributed by atoms with Crippen molar-refractivity contribution in [2.75, 3.05) is 0 Å². The largest absolute Gasteiger partial charge is 0.507 e. The molecule has 0 fully saturated rings. The number of para-hydroxylation sites is 1. The fraction of sp³-hybridized carbons (Fsp3) is 0. The van der Waals surface area contributed by atoms with Crippen molar-refractivity contribution in [2.45, 2.75) is 0 Å². The van der Waals surface area contributed by atoms with Crippen LogP contribution in [0.4, 0.5) is 0 Å². The molecule has 4 nitrogen and oxygen atoms in total. The predicted molar refractivity (Wildman–Crippen MR) is 80.7 cm³/mol. The highest BCUT2D eigenvalue weighted by Crippen LogP contribution is 2.23. The molecule has 0 bridgehead atoms. The van der Waals surface area contributed by atoms with Crippen LogP contribution in [0.25, 0.3) is 6.08 Å². The van der Waals surface area contributed by atoms with Crippen LogP contribution < -0.4 is 5.73 Å². The zero-order valence-electron chi connectivity index (χ0n) is 10.7. The van der Waals surface area contributed by atoms with Crippen LogP contribution in [-0.4, -0.2) is 16.7 Å². The van der Waals surface area contributed by atoms with E-state index in [0.717, 1.165) is 11.1 Å². The molecule has 0 aliphatic carbocycles. The lowest BCUT2D eigenvalue weighted by molar-refractivity contribution is 0.474. The monoisotopic (exact) mass is 263 g/mol. The van der Waals surface area contributed by atoms with E-state index < -0.39 is 0 Å². The number of amidine groups is 1. The predicted octanol–water partition coefficient (Wildman–Crippen LogP) is 2.55. The maximum Gasteiger partial charge on any atom is 0.155 e.